The molecule has 3 nitrogen and oxygen atoms in total. The lowest BCUT2D eigenvalue weighted by molar-refractivity contribution is -0.126. The van der Waals surface area contributed by atoms with Crippen LogP contribution in [0.1, 0.15) is 6.92 Å². The van der Waals surface area contributed by atoms with Gasteiger partial charge in [0.05, 0.1) is 5.71 Å². The Morgan fingerprint density at radius 3 is 2.53 bits per heavy atom. The quantitative estimate of drug-likeness (QED) is 0.763. The van der Waals surface area contributed by atoms with Gasteiger partial charge in [0.15, 0.2) is 0 Å². The van der Waals surface area contributed by atoms with Gasteiger partial charge in [0.25, 0.3) is 5.91 Å². The minimum absolute atomic E-state index is 0.0568. The monoisotopic (exact) mass is 220 g/mol. The van der Waals surface area contributed by atoms with Gasteiger partial charge in [-0.05, 0) is 19.1 Å². The summed E-state index contributed by atoms with van der Waals surface area (Å²) >= 11 is 1.55. The summed E-state index contributed by atoms with van der Waals surface area (Å²) < 4.78 is 0. The molecule has 0 saturated heterocycles. The van der Waals surface area contributed by atoms with Crippen molar-refractivity contribution in [2.75, 3.05) is 7.05 Å². The first-order valence-electron chi connectivity index (χ1n) is 4.73. The largest absolute Gasteiger partial charge is 0.271 e. The summed E-state index contributed by atoms with van der Waals surface area (Å²) in [6, 6.07) is 9.91. The minimum Gasteiger partial charge on any atom is -0.271 e. The first-order chi connectivity index (χ1) is 7.18. The standard InChI is InChI=1S/C11H12N2OS/c1-8-10(11(14)13(2)12-8)15-9-6-4-3-5-7-9/h3-7,10H,1-2H3. The lowest BCUT2D eigenvalue weighted by Gasteiger charge is -2.09. The van der Waals surface area contributed by atoms with Gasteiger partial charge in [-0.25, -0.2) is 5.01 Å². The van der Waals surface area contributed by atoms with Crippen molar-refractivity contribution in [3.8, 4) is 0 Å². The summed E-state index contributed by atoms with van der Waals surface area (Å²) in [5.74, 6) is 0.0568. The highest BCUT2D eigenvalue weighted by Gasteiger charge is 2.31. The molecule has 1 aromatic rings. The van der Waals surface area contributed by atoms with Gasteiger partial charge in [0.2, 0.25) is 0 Å². The molecule has 78 valence electrons. The molecule has 0 fully saturated rings. The van der Waals surface area contributed by atoms with Crippen LogP contribution in [0.3, 0.4) is 0 Å². The summed E-state index contributed by atoms with van der Waals surface area (Å²) in [6.07, 6.45) is 0. The van der Waals surface area contributed by atoms with Crippen LogP contribution in [0.15, 0.2) is 40.3 Å². The molecule has 0 aliphatic carbocycles. The van der Waals surface area contributed by atoms with Crippen molar-refractivity contribution in [2.24, 2.45) is 5.10 Å². The van der Waals surface area contributed by atoms with E-state index in [9.17, 15) is 4.79 Å². The summed E-state index contributed by atoms with van der Waals surface area (Å²) in [5, 5.41) is 5.38. The van der Waals surface area contributed by atoms with Crippen LogP contribution in [0.5, 0.6) is 0 Å². The zero-order valence-corrected chi connectivity index (χ0v) is 9.49. The van der Waals surface area contributed by atoms with Gasteiger partial charge < -0.3 is 0 Å². The predicted octanol–water partition coefficient (Wildman–Crippen LogP) is 2.00. The topological polar surface area (TPSA) is 32.7 Å². The van der Waals surface area contributed by atoms with Crippen LogP contribution in [0.2, 0.25) is 0 Å². The van der Waals surface area contributed by atoms with E-state index >= 15 is 0 Å². The van der Waals surface area contributed by atoms with E-state index in [1.165, 1.54) is 5.01 Å². The molecule has 2 rings (SSSR count). The van der Waals surface area contributed by atoms with E-state index in [0.29, 0.717) is 0 Å². The fourth-order valence-electron chi connectivity index (χ4n) is 1.46. The molecule has 1 aliphatic heterocycles. The average Bonchev–Trinajstić information content (AvgIpc) is 2.47. The van der Waals surface area contributed by atoms with Crippen molar-refractivity contribution in [3.05, 3.63) is 30.3 Å². The molecule has 1 aliphatic rings. The van der Waals surface area contributed by atoms with Crippen molar-refractivity contribution in [1.82, 2.24) is 5.01 Å². The van der Waals surface area contributed by atoms with Gasteiger partial charge in [-0.3, -0.25) is 4.79 Å². The maximum absolute atomic E-state index is 11.7. The summed E-state index contributed by atoms with van der Waals surface area (Å²) in [5.41, 5.74) is 0.872. The van der Waals surface area contributed by atoms with Crippen LogP contribution >= 0.6 is 11.8 Å². The third kappa shape index (κ3) is 2.04. The Morgan fingerprint density at radius 2 is 2.00 bits per heavy atom. The molecular formula is C11H12N2OS. The van der Waals surface area contributed by atoms with Crippen LogP contribution in [-0.4, -0.2) is 28.9 Å². The molecule has 1 heterocycles. The number of benzene rings is 1. The minimum atomic E-state index is -0.155. The smallest absolute Gasteiger partial charge is 0.261 e. The Bertz CT molecular complexity index is 402. The van der Waals surface area contributed by atoms with Crippen LogP contribution in [0.25, 0.3) is 0 Å². The van der Waals surface area contributed by atoms with Gasteiger partial charge in [-0.15, -0.1) is 11.8 Å². The Hall–Kier alpha value is -1.29. The van der Waals surface area contributed by atoms with Crippen molar-refractivity contribution >= 4 is 23.4 Å². The average molecular weight is 220 g/mol. The molecule has 1 atom stereocenters. The van der Waals surface area contributed by atoms with E-state index in [-0.39, 0.29) is 11.2 Å². The molecular weight excluding hydrogens is 208 g/mol. The molecule has 4 heteroatoms. The highest BCUT2D eigenvalue weighted by molar-refractivity contribution is 8.01. The Balaban J connectivity index is 2.14. The number of amides is 1. The second-order valence-electron chi connectivity index (χ2n) is 3.41. The number of nitrogens with zero attached hydrogens (tertiary/aromatic N) is 2. The molecule has 0 N–H and O–H groups in total. The summed E-state index contributed by atoms with van der Waals surface area (Å²) in [6.45, 7) is 1.89. The maximum atomic E-state index is 11.7. The fourth-order valence-corrected chi connectivity index (χ4v) is 2.52. The summed E-state index contributed by atoms with van der Waals surface area (Å²) in [4.78, 5) is 12.8. The first kappa shape index (κ1) is 10.2. The molecule has 0 aromatic heterocycles. The van der Waals surface area contributed by atoms with Gasteiger partial charge in [-0.2, -0.15) is 5.10 Å². The molecule has 1 aromatic carbocycles. The van der Waals surface area contributed by atoms with Crippen molar-refractivity contribution < 1.29 is 4.79 Å². The second kappa shape index (κ2) is 4.06. The number of carbonyl (C=O) groups is 1. The van der Waals surface area contributed by atoms with Crippen molar-refractivity contribution in [3.63, 3.8) is 0 Å². The molecule has 0 spiro atoms. The van der Waals surface area contributed by atoms with Crippen LogP contribution < -0.4 is 0 Å². The number of thioether (sulfide) groups is 1. The third-order valence-electron chi connectivity index (χ3n) is 2.23. The zero-order valence-electron chi connectivity index (χ0n) is 8.68. The first-order valence-corrected chi connectivity index (χ1v) is 5.61. The number of rotatable bonds is 2. The highest BCUT2D eigenvalue weighted by atomic mass is 32.2. The summed E-state index contributed by atoms with van der Waals surface area (Å²) in [7, 11) is 1.69. The molecule has 1 amide bonds. The Morgan fingerprint density at radius 1 is 1.33 bits per heavy atom. The lowest BCUT2D eigenvalue weighted by Crippen LogP contribution is -2.26. The second-order valence-corrected chi connectivity index (χ2v) is 4.59. The third-order valence-corrected chi connectivity index (χ3v) is 3.55. The van der Waals surface area contributed by atoms with Gasteiger partial charge in [-0.1, -0.05) is 18.2 Å². The predicted molar refractivity (Wildman–Crippen MR) is 62.0 cm³/mol. The number of hydrogen-bond donors (Lipinski definition) is 0. The van der Waals surface area contributed by atoms with E-state index in [4.69, 9.17) is 0 Å². The molecule has 0 radical (unpaired) electrons. The van der Waals surface area contributed by atoms with Crippen LogP contribution in [0.4, 0.5) is 0 Å². The van der Waals surface area contributed by atoms with Gasteiger partial charge >= 0.3 is 0 Å². The highest BCUT2D eigenvalue weighted by Crippen LogP contribution is 2.28. The SMILES string of the molecule is CC1=NN(C)C(=O)C1Sc1ccccc1. The van der Waals surface area contributed by atoms with Crippen molar-refractivity contribution in [1.29, 1.82) is 0 Å². The van der Waals surface area contributed by atoms with E-state index in [0.717, 1.165) is 10.6 Å². The van der Waals surface area contributed by atoms with E-state index in [1.54, 1.807) is 18.8 Å². The fraction of sp³-hybridized carbons (Fsp3) is 0.273. The Kier molecular flexibility index (Phi) is 2.77. The molecule has 15 heavy (non-hydrogen) atoms. The number of carbonyl (C=O) groups excluding carboxylic acids is 1. The lowest BCUT2D eigenvalue weighted by atomic mass is 10.3. The van der Waals surface area contributed by atoms with E-state index < -0.39 is 0 Å². The normalized spacial score (nSPS) is 20.7. The maximum Gasteiger partial charge on any atom is 0.261 e. The van der Waals surface area contributed by atoms with Crippen LogP contribution in [-0.2, 0) is 4.79 Å². The van der Waals surface area contributed by atoms with Gasteiger partial charge in [0.1, 0.15) is 5.25 Å². The zero-order chi connectivity index (χ0) is 10.8. The molecule has 0 bridgehead atoms. The molecule has 0 saturated carbocycles. The van der Waals surface area contributed by atoms with E-state index in [2.05, 4.69) is 5.10 Å². The Labute approximate surface area is 93.2 Å². The van der Waals surface area contributed by atoms with Crippen molar-refractivity contribution in [2.45, 2.75) is 17.1 Å². The van der Waals surface area contributed by atoms with Gasteiger partial charge in [0, 0.05) is 11.9 Å². The number of hydrazone groups is 1. The van der Waals surface area contributed by atoms with E-state index in [1.807, 2.05) is 37.3 Å². The van der Waals surface area contributed by atoms with Crippen LogP contribution in [0, 0.1) is 0 Å². The molecule has 1 unspecified atom stereocenters. The number of hydrogen-bond acceptors (Lipinski definition) is 3.